The van der Waals surface area contributed by atoms with Crippen molar-refractivity contribution in [3.8, 4) is 16.9 Å². The summed E-state index contributed by atoms with van der Waals surface area (Å²) in [5, 5.41) is 35.2. The smallest absolute Gasteiger partial charge is 0.336 e. The van der Waals surface area contributed by atoms with Crippen LogP contribution in [-0.2, 0) is 18.0 Å². The molecule has 1 aliphatic heterocycles. The summed E-state index contributed by atoms with van der Waals surface area (Å²) in [5.41, 5.74) is 4.10. The number of aromatic carboxylic acids is 1. The maximum absolute atomic E-state index is 12.0. The number of aliphatic hydroxyl groups excluding tert-OH is 2. The predicted octanol–water partition coefficient (Wildman–Crippen LogP) is 5.55. The van der Waals surface area contributed by atoms with Crippen LogP contribution in [0.15, 0.2) is 65.4 Å². The number of aliphatic hydroxyl groups is 2. The number of hydrogen-bond donors (Lipinski definition) is 3. The van der Waals surface area contributed by atoms with E-state index in [0.29, 0.717) is 37.4 Å². The van der Waals surface area contributed by atoms with Gasteiger partial charge in [-0.1, -0.05) is 24.3 Å². The van der Waals surface area contributed by atoms with Crippen molar-refractivity contribution in [1.82, 2.24) is 0 Å². The number of thiophene rings is 1. The minimum atomic E-state index is -1.08. The quantitative estimate of drug-likeness (QED) is 0.314. The summed E-state index contributed by atoms with van der Waals surface area (Å²) in [7, 11) is 0. The first-order chi connectivity index (χ1) is 17.0. The van der Waals surface area contributed by atoms with Crippen molar-refractivity contribution in [2.45, 2.75) is 38.3 Å². The lowest BCUT2D eigenvalue weighted by atomic mass is 9.91. The molecule has 1 fully saturated rings. The van der Waals surface area contributed by atoms with Gasteiger partial charge in [-0.15, -0.1) is 0 Å². The summed E-state index contributed by atoms with van der Waals surface area (Å²) >= 11 is 1.52. The second kappa shape index (κ2) is 10.2. The molecule has 2 unspecified atom stereocenters. The highest BCUT2D eigenvalue weighted by Crippen LogP contribution is 2.37. The van der Waals surface area contributed by atoms with Gasteiger partial charge in [0.25, 0.3) is 0 Å². The lowest BCUT2D eigenvalue weighted by molar-refractivity contribution is -0.0448. The number of carbonyl (C=O) groups is 1. The Balaban J connectivity index is 1.43. The van der Waals surface area contributed by atoms with E-state index in [-0.39, 0.29) is 24.4 Å². The van der Waals surface area contributed by atoms with Crippen molar-refractivity contribution < 1.29 is 29.6 Å². The molecule has 0 saturated carbocycles. The van der Waals surface area contributed by atoms with E-state index in [1.807, 2.05) is 59.3 Å². The molecular formula is C28H26O6S. The topological polar surface area (TPSA) is 96.2 Å². The summed E-state index contributed by atoms with van der Waals surface area (Å²) in [4.78, 5) is 12.0. The molecule has 3 N–H and O–H groups in total. The van der Waals surface area contributed by atoms with Gasteiger partial charge in [0.05, 0.1) is 24.4 Å². The third-order valence-corrected chi connectivity index (χ3v) is 7.09. The van der Waals surface area contributed by atoms with Crippen LogP contribution < -0.4 is 4.74 Å². The maximum atomic E-state index is 12.0. The van der Waals surface area contributed by atoms with E-state index in [2.05, 4.69) is 0 Å². The second-order valence-corrected chi connectivity index (χ2v) is 9.49. The maximum Gasteiger partial charge on any atom is 0.336 e. The van der Waals surface area contributed by atoms with E-state index in [9.17, 15) is 20.1 Å². The Morgan fingerprint density at radius 3 is 2.77 bits per heavy atom. The minimum Gasteiger partial charge on any atom is -0.489 e. The van der Waals surface area contributed by atoms with Crippen LogP contribution in [0.25, 0.3) is 21.9 Å². The van der Waals surface area contributed by atoms with Crippen LogP contribution >= 0.6 is 11.3 Å². The standard InChI is InChI=1S/C28H26O6S/c29-14-25-24(28(31)32)12-20-11-22(4-5-23(20)27(25)19-7-9-35-16-19)34-15-17-2-1-3-18(10-17)26-13-21(30)6-8-33-26/h1-5,7,9-12,16,21,26,29-30H,6,8,13-15H2,(H,31,32). The number of rotatable bonds is 7. The molecule has 0 spiro atoms. The molecule has 35 heavy (non-hydrogen) atoms. The monoisotopic (exact) mass is 490 g/mol. The van der Waals surface area contributed by atoms with Gasteiger partial charge in [0.1, 0.15) is 12.4 Å². The first-order valence-electron chi connectivity index (χ1n) is 11.5. The molecule has 1 aromatic heterocycles. The fourth-order valence-corrected chi connectivity index (χ4v) is 5.32. The highest BCUT2D eigenvalue weighted by molar-refractivity contribution is 7.08. The molecule has 1 saturated heterocycles. The molecule has 0 amide bonds. The van der Waals surface area contributed by atoms with Gasteiger partial charge in [-0.25, -0.2) is 4.79 Å². The summed E-state index contributed by atoms with van der Waals surface area (Å²) in [6, 6.07) is 17.1. The van der Waals surface area contributed by atoms with E-state index in [1.54, 1.807) is 6.07 Å². The summed E-state index contributed by atoms with van der Waals surface area (Å²) in [6.45, 7) is 0.527. The van der Waals surface area contributed by atoms with Gasteiger partial charge in [0.15, 0.2) is 0 Å². The number of benzene rings is 3. The molecule has 0 bridgehead atoms. The van der Waals surface area contributed by atoms with E-state index in [4.69, 9.17) is 9.47 Å². The van der Waals surface area contributed by atoms with Crippen LogP contribution in [-0.4, -0.2) is 34.0 Å². The SMILES string of the molecule is O=C(O)c1cc2cc(OCc3cccc(C4CC(O)CCO4)c3)ccc2c(-c2ccsc2)c1CO. The zero-order valence-electron chi connectivity index (χ0n) is 19.0. The molecular weight excluding hydrogens is 464 g/mol. The summed E-state index contributed by atoms with van der Waals surface area (Å²) in [6.07, 6.45) is 0.791. The Morgan fingerprint density at radius 2 is 2.03 bits per heavy atom. The average molecular weight is 491 g/mol. The highest BCUT2D eigenvalue weighted by atomic mass is 32.1. The molecule has 0 aliphatic carbocycles. The minimum absolute atomic E-state index is 0.0840. The van der Waals surface area contributed by atoms with Crippen LogP contribution in [0.5, 0.6) is 5.75 Å². The number of carboxylic acids is 1. The Morgan fingerprint density at radius 1 is 1.14 bits per heavy atom. The lowest BCUT2D eigenvalue weighted by Crippen LogP contribution is -2.23. The van der Waals surface area contributed by atoms with E-state index < -0.39 is 5.97 Å². The Labute approximate surface area is 207 Å². The normalized spacial score (nSPS) is 18.0. The summed E-state index contributed by atoms with van der Waals surface area (Å²) in [5.74, 6) is -0.456. The zero-order chi connectivity index (χ0) is 24.4. The molecule has 2 heterocycles. The van der Waals surface area contributed by atoms with Crippen LogP contribution in [0.1, 0.15) is 46.0 Å². The van der Waals surface area contributed by atoms with E-state index >= 15 is 0 Å². The molecule has 3 aromatic carbocycles. The van der Waals surface area contributed by atoms with Crippen molar-refractivity contribution in [2.75, 3.05) is 6.61 Å². The van der Waals surface area contributed by atoms with Gasteiger partial charge >= 0.3 is 5.97 Å². The molecule has 7 heteroatoms. The number of fused-ring (bicyclic) bond motifs is 1. The largest absolute Gasteiger partial charge is 0.489 e. The first kappa shape index (κ1) is 23.5. The van der Waals surface area contributed by atoms with Gasteiger partial charge in [0.2, 0.25) is 0 Å². The predicted molar refractivity (Wildman–Crippen MR) is 135 cm³/mol. The average Bonchev–Trinajstić information content (AvgIpc) is 3.41. The van der Waals surface area contributed by atoms with Gasteiger partial charge in [0, 0.05) is 18.6 Å². The Kier molecular flexibility index (Phi) is 6.83. The zero-order valence-corrected chi connectivity index (χ0v) is 19.8. The molecule has 1 aliphatic rings. The molecule has 180 valence electrons. The fraction of sp³-hybridized carbons (Fsp3) is 0.250. The molecule has 4 aromatic rings. The van der Waals surface area contributed by atoms with Crippen LogP contribution in [0.2, 0.25) is 0 Å². The molecule has 6 nitrogen and oxygen atoms in total. The van der Waals surface area contributed by atoms with Crippen molar-refractivity contribution >= 4 is 28.1 Å². The second-order valence-electron chi connectivity index (χ2n) is 8.71. The van der Waals surface area contributed by atoms with Gasteiger partial charge in [-0.05, 0) is 80.5 Å². The lowest BCUT2D eigenvalue weighted by Gasteiger charge is -2.27. The Hall–Kier alpha value is -3.23. The number of ether oxygens (including phenoxy) is 2. The van der Waals surface area contributed by atoms with Crippen molar-refractivity contribution in [3.63, 3.8) is 0 Å². The van der Waals surface area contributed by atoms with Crippen LogP contribution in [0.4, 0.5) is 0 Å². The van der Waals surface area contributed by atoms with E-state index in [1.165, 1.54) is 11.3 Å². The highest BCUT2D eigenvalue weighted by Gasteiger charge is 2.22. The first-order valence-corrected chi connectivity index (χ1v) is 12.5. The van der Waals surface area contributed by atoms with Crippen LogP contribution in [0.3, 0.4) is 0 Å². The van der Waals surface area contributed by atoms with E-state index in [0.717, 1.165) is 33.0 Å². The third-order valence-electron chi connectivity index (χ3n) is 6.40. The summed E-state index contributed by atoms with van der Waals surface area (Å²) < 4.78 is 11.9. The number of carboxylic acid groups (broad SMARTS) is 1. The van der Waals surface area contributed by atoms with Gasteiger partial charge in [-0.2, -0.15) is 11.3 Å². The Bertz CT molecular complexity index is 1350. The molecule has 2 atom stereocenters. The molecule has 0 radical (unpaired) electrons. The van der Waals surface area contributed by atoms with Crippen LogP contribution in [0, 0.1) is 0 Å². The number of hydrogen-bond acceptors (Lipinski definition) is 6. The van der Waals surface area contributed by atoms with Crippen molar-refractivity contribution in [2.24, 2.45) is 0 Å². The van der Waals surface area contributed by atoms with Crippen molar-refractivity contribution in [1.29, 1.82) is 0 Å². The van der Waals surface area contributed by atoms with Gasteiger partial charge in [-0.3, -0.25) is 0 Å². The van der Waals surface area contributed by atoms with Gasteiger partial charge < -0.3 is 24.8 Å². The fourth-order valence-electron chi connectivity index (χ4n) is 4.67. The van der Waals surface area contributed by atoms with Crippen molar-refractivity contribution in [3.05, 3.63) is 87.6 Å². The molecule has 5 rings (SSSR count). The third kappa shape index (κ3) is 4.94.